The summed E-state index contributed by atoms with van der Waals surface area (Å²) in [7, 11) is 1.51. The largest absolute Gasteiger partial charge is 0.495 e. The number of thiophene rings is 1. The molecule has 6 nitrogen and oxygen atoms in total. The Labute approximate surface area is 149 Å². The Morgan fingerprint density at radius 3 is 2.40 bits per heavy atom. The highest BCUT2D eigenvalue weighted by Gasteiger charge is 2.21. The molecule has 0 aliphatic carbocycles. The SMILES string of the molecule is COc1ccc(C)cc1NC(=O)C(C)OC(=O)c1ccc(C(C)=O)s1. The van der Waals surface area contributed by atoms with E-state index < -0.39 is 18.0 Å². The van der Waals surface area contributed by atoms with Gasteiger partial charge in [-0.05, 0) is 50.6 Å². The van der Waals surface area contributed by atoms with Gasteiger partial charge in [-0.2, -0.15) is 0 Å². The molecule has 1 amide bonds. The van der Waals surface area contributed by atoms with Crippen LogP contribution in [0, 0.1) is 6.92 Å². The number of carbonyl (C=O) groups excluding carboxylic acids is 3. The number of hydrogen-bond acceptors (Lipinski definition) is 6. The molecule has 132 valence electrons. The van der Waals surface area contributed by atoms with Crippen LogP contribution in [0.3, 0.4) is 0 Å². The van der Waals surface area contributed by atoms with Gasteiger partial charge in [-0.25, -0.2) is 4.79 Å². The number of carbonyl (C=O) groups is 3. The first-order valence-electron chi connectivity index (χ1n) is 7.59. The van der Waals surface area contributed by atoms with E-state index in [0.717, 1.165) is 16.9 Å². The van der Waals surface area contributed by atoms with Crippen LogP contribution in [-0.4, -0.2) is 30.9 Å². The van der Waals surface area contributed by atoms with Gasteiger partial charge >= 0.3 is 5.97 Å². The fourth-order valence-corrected chi connectivity index (χ4v) is 2.85. The fourth-order valence-electron chi connectivity index (χ4n) is 2.06. The highest BCUT2D eigenvalue weighted by Crippen LogP contribution is 2.25. The molecule has 1 aromatic heterocycles. The molecule has 1 heterocycles. The van der Waals surface area contributed by atoms with Crippen molar-refractivity contribution in [2.75, 3.05) is 12.4 Å². The zero-order valence-electron chi connectivity index (χ0n) is 14.4. The van der Waals surface area contributed by atoms with Crippen LogP contribution in [0.4, 0.5) is 5.69 Å². The van der Waals surface area contributed by atoms with Gasteiger partial charge < -0.3 is 14.8 Å². The van der Waals surface area contributed by atoms with E-state index >= 15 is 0 Å². The lowest BCUT2D eigenvalue weighted by Crippen LogP contribution is -2.30. The molecule has 0 aliphatic heterocycles. The molecule has 1 unspecified atom stereocenters. The number of rotatable bonds is 6. The summed E-state index contributed by atoms with van der Waals surface area (Å²) in [5.74, 6) is -0.722. The molecule has 7 heteroatoms. The molecule has 1 N–H and O–H groups in total. The minimum absolute atomic E-state index is 0.124. The van der Waals surface area contributed by atoms with Crippen LogP contribution in [-0.2, 0) is 9.53 Å². The highest BCUT2D eigenvalue weighted by molar-refractivity contribution is 7.15. The summed E-state index contributed by atoms with van der Waals surface area (Å²) in [5, 5.41) is 2.69. The maximum Gasteiger partial charge on any atom is 0.349 e. The highest BCUT2D eigenvalue weighted by atomic mass is 32.1. The monoisotopic (exact) mass is 361 g/mol. The minimum atomic E-state index is -0.999. The van der Waals surface area contributed by atoms with Gasteiger partial charge in [0.1, 0.15) is 10.6 Å². The predicted molar refractivity (Wildman–Crippen MR) is 95.6 cm³/mol. The van der Waals surface area contributed by atoms with Gasteiger partial charge in [0.05, 0.1) is 17.7 Å². The maximum atomic E-state index is 12.3. The number of esters is 1. The van der Waals surface area contributed by atoms with E-state index in [2.05, 4.69) is 5.32 Å². The predicted octanol–water partition coefficient (Wildman–Crippen LogP) is 3.45. The quantitative estimate of drug-likeness (QED) is 0.629. The molecule has 0 spiro atoms. The lowest BCUT2D eigenvalue weighted by atomic mass is 10.2. The summed E-state index contributed by atoms with van der Waals surface area (Å²) in [6.45, 7) is 4.79. The van der Waals surface area contributed by atoms with E-state index in [-0.39, 0.29) is 10.7 Å². The lowest BCUT2D eigenvalue weighted by Gasteiger charge is -2.15. The first-order valence-corrected chi connectivity index (χ1v) is 8.40. The Kier molecular flexibility index (Phi) is 5.93. The van der Waals surface area contributed by atoms with Gasteiger partial charge in [0.15, 0.2) is 11.9 Å². The Morgan fingerprint density at radius 2 is 1.80 bits per heavy atom. The molecule has 2 rings (SSSR count). The number of benzene rings is 1. The molecule has 0 radical (unpaired) electrons. The van der Waals surface area contributed by atoms with Gasteiger partial charge in [0.25, 0.3) is 5.91 Å². The molecule has 0 saturated heterocycles. The molecule has 0 saturated carbocycles. The number of Topliss-reactive ketones (excluding diaryl/α,β-unsaturated/α-hetero) is 1. The number of amides is 1. The summed E-state index contributed by atoms with van der Waals surface area (Å²) in [5.41, 5.74) is 1.46. The first-order chi connectivity index (χ1) is 11.8. The van der Waals surface area contributed by atoms with Crippen LogP contribution in [0.25, 0.3) is 0 Å². The van der Waals surface area contributed by atoms with Gasteiger partial charge in [0, 0.05) is 0 Å². The van der Waals surface area contributed by atoms with Gasteiger partial charge in [-0.1, -0.05) is 6.07 Å². The molecular weight excluding hydrogens is 342 g/mol. The van der Waals surface area contributed by atoms with Crippen LogP contribution in [0.15, 0.2) is 30.3 Å². The van der Waals surface area contributed by atoms with Crippen molar-refractivity contribution in [2.45, 2.75) is 26.9 Å². The third kappa shape index (κ3) is 4.67. The van der Waals surface area contributed by atoms with Crippen molar-refractivity contribution in [2.24, 2.45) is 0 Å². The van der Waals surface area contributed by atoms with E-state index in [0.29, 0.717) is 16.3 Å². The second-order valence-corrected chi connectivity index (χ2v) is 6.54. The first kappa shape index (κ1) is 18.7. The van der Waals surface area contributed by atoms with E-state index in [4.69, 9.17) is 9.47 Å². The number of ketones is 1. The normalized spacial score (nSPS) is 11.5. The van der Waals surface area contributed by atoms with Crippen molar-refractivity contribution < 1.29 is 23.9 Å². The third-order valence-corrected chi connectivity index (χ3v) is 4.59. The number of anilines is 1. The zero-order valence-corrected chi connectivity index (χ0v) is 15.2. The smallest absolute Gasteiger partial charge is 0.349 e. The maximum absolute atomic E-state index is 12.3. The molecule has 1 atom stereocenters. The molecule has 25 heavy (non-hydrogen) atoms. The van der Waals surface area contributed by atoms with Crippen molar-refractivity contribution in [1.82, 2.24) is 0 Å². The van der Waals surface area contributed by atoms with E-state index in [9.17, 15) is 14.4 Å². The number of methoxy groups -OCH3 is 1. The van der Waals surface area contributed by atoms with E-state index in [1.54, 1.807) is 18.2 Å². The van der Waals surface area contributed by atoms with Crippen molar-refractivity contribution in [3.05, 3.63) is 45.6 Å². The van der Waals surface area contributed by atoms with Crippen LogP contribution in [0.5, 0.6) is 5.75 Å². The number of nitrogens with one attached hydrogen (secondary N) is 1. The Balaban J connectivity index is 2.03. The molecule has 0 fully saturated rings. The van der Waals surface area contributed by atoms with Crippen LogP contribution < -0.4 is 10.1 Å². The van der Waals surface area contributed by atoms with Crippen molar-refractivity contribution >= 4 is 34.7 Å². The lowest BCUT2D eigenvalue weighted by molar-refractivity contribution is -0.123. The van der Waals surface area contributed by atoms with E-state index in [1.165, 1.54) is 27.0 Å². The van der Waals surface area contributed by atoms with Gasteiger partial charge in [-0.15, -0.1) is 11.3 Å². The van der Waals surface area contributed by atoms with Gasteiger partial charge in [-0.3, -0.25) is 9.59 Å². The number of aryl methyl sites for hydroxylation is 1. The standard InChI is InChI=1S/C18H19NO5S/c1-10-5-6-14(23-4)13(9-10)19-17(21)12(3)24-18(22)16-8-7-15(25-16)11(2)20/h5-9,12H,1-4H3,(H,19,21). The minimum Gasteiger partial charge on any atom is -0.495 e. The van der Waals surface area contributed by atoms with Crippen molar-refractivity contribution in [1.29, 1.82) is 0 Å². The average Bonchev–Trinajstić information content (AvgIpc) is 3.05. The van der Waals surface area contributed by atoms with Crippen LogP contribution in [0.1, 0.15) is 38.8 Å². The van der Waals surface area contributed by atoms with Crippen LogP contribution >= 0.6 is 11.3 Å². The van der Waals surface area contributed by atoms with Crippen LogP contribution in [0.2, 0.25) is 0 Å². The topological polar surface area (TPSA) is 81.7 Å². The molecule has 0 bridgehead atoms. The van der Waals surface area contributed by atoms with E-state index in [1.807, 2.05) is 13.0 Å². The van der Waals surface area contributed by atoms with Gasteiger partial charge in [0.2, 0.25) is 0 Å². The van der Waals surface area contributed by atoms with Crippen molar-refractivity contribution in [3.63, 3.8) is 0 Å². The second-order valence-electron chi connectivity index (χ2n) is 5.46. The fraction of sp³-hybridized carbons (Fsp3) is 0.278. The third-order valence-electron chi connectivity index (χ3n) is 3.42. The Bertz CT molecular complexity index is 812. The molecule has 1 aromatic carbocycles. The molecular formula is C18H19NO5S. The molecule has 2 aromatic rings. The zero-order chi connectivity index (χ0) is 18.6. The summed E-state index contributed by atoms with van der Waals surface area (Å²) in [6, 6.07) is 8.45. The summed E-state index contributed by atoms with van der Waals surface area (Å²) in [4.78, 5) is 36.4. The molecule has 0 aliphatic rings. The summed E-state index contributed by atoms with van der Waals surface area (Å²) < 4.78 is 10.4. The summed E-state index contributed by atoms with van der Waals surface area (Å²) in [6.07, 6.45) is -0.999. The Hall–Kier alpha value is -2.67. The average molecular weight is 361 g/mol. The Morgan fingerprint density at radius 1 is 1.12 bits per heavy atom. The second kappa shape index (κ2) is 7.94. The number of hydrogen-bond donors (Lipinski definition) is 1. The van der Waals surface area contributed by atoms with Crippen molar-refractivity contribution in [3.8, 4) is 5.75 Å². The summed E-state index contributed by atoms with van der Waals surface area (Å²) >= 11 is 1.04. The number of ether oxygens (including phenoxy) is 2.